The molecule has 0 amide bonds. The van der Waals surface area contributed by atoms with E-state index < -0.39 is 0 Å². The number of benzene rings is 2. The number of fused-ring (bicyclic) bond motifs is 1. The first kappa shape index (κ1) is 16.6. The fraction of sp³-hybridized carbons (Fsp3) is 0.182. The van der Waals surface area contributed by atoms with Crippen molar-refractivity contribution in [2.45, 2.75) is 13.3 Å². The predicted octanol–water partition coefficient (Wildman–Crippen LogP) is 3.27. The number of hydrogen-bond donors (Lipinski definition) is 0. The molecule has 6 nitrogen and oxygen atoms in total. The van der Waals surface area contributed by atoms with E-state index in [9.17, 15) is 4.79 Å². The van der Waals surface area contributed by atoms with Gasteiger partial charge in [-0.2, -0.15) is 0 Å². The minimum Gasteiger partial charge on any atom is -0.493 e. The Morgan fingerprint density at radius 1 is 1.07 bits per heavy atom. The molecular formula is C22H20N4O2. The van der Waals surface area contributed by atoms with Gasteiger partial charge in [0.15, 0.2) is 5.82 Å². The highest BCUT2D eigenvalue weighted by Crippen LogP contribution is 2.33. The van der Waals surface area contributed by atoms with Crippen LogP contribution in [0.1, 0.15) is 11.3 Å². The quantitative estimate of drug-likeness (QED) is 0.555. The van der Waals surface area contributed by atoms with Crippen molar-refractivity contribution in [2.24, 2.45) is 7.05 Å². The Bertz CT molecular complexity index is 1230. The summed E-state index contributed by atoms with van der Waals surface area (Å²) in [5.41, 5.74) is 4.38. The molecule has 6 heteroatoms. The second kappa shape index (κ2) is 6.27. The summed E-state index contributed by atoms with van der Waals surface area (Å²) in [6.45, 7) is 2.63. The van der Waals surface area contributed by atoms with Gasteiger partial charge < -0.3 is 4.74 Å². The summed E-state index contributed by atoms with van der Waals surface area (Å²) in [7, 11) is 1.90. The topological polar surface area (TPSA) is 54.0 Å². The number of rotatable bonds is 3. The molecule has 2 aromatic carbocycles. The zero-order chi connectivity index (χ0) is 19.3. The number of ether oxygens (including phenoxy) is 1. The number of nitrogens with zero attached hydrogens (tertiary/aromatic N) is 4. The molecule has 2 aromatic heterocycles. The van der Waals surface area contributed by atoms with Crippen LogP contribution in [0.5, 0.6) is 5.75 Å². The van der Waals surface area contributed by atoms with Crippen molar-refractivity contribution in [3.8, 4) is 28.5 Å². The Labute approximate surface area is 162 Å². The van der Waals surface area contributed by atoms with Gasteiger partial charge >= 0.3 is 0 Å². The van der Waals surface area contributed by atoms with Gasteiger partial charge in [-0.15, -0.1) is 0 Å². The van der Waals surface area contributed by atoms with Crippen molar-refractivity contribution < 1.29 is 4.74 Å². The standard InChI is InChI=1S/C22H20N4O2/c1-15-20(22(27)26(24(15)2)16-7-4-3-5-8-16)21-23-12-13-25(21)18-9-6-10-19-17(18)11-14-28-19/h3-10,12-13H,11,14H2,1-2H3. The minimum atomic E-state index is -0.0810. The molecule has 0 radical (unpaired) electrons. The Morgan fingerprint density at radius 2 is 1.89 bits per heavy atom. The van der Waals surface area contributed by atoms with E-state index in [1.807, 2.05) is 77.9 Å². The van der Waals surface area contributed by atoms with Crippen LogP contribution in [0.3, 0.4) is 0 Å². The summed E-state index contributed by atoms with van der Waals surface area (Å²) < 4.78 is 11.3. The average molecular weight is 372 g/mol. The summed E-state index contributed by atoms with van der Waals surface area (Å²) in [4.78, 5) is 17.9. The van der Waals surface area contributed by atoms with E-state index in [1.165, 1.54) is 0 Å². The lowest BCUT2D eigenvalue weighted by Crippen LogP contribution is -2.20. The summed E-state index contributed by atoms with van der Waals surface area (Å²) in [6, 6.07) is 15.7. The summed E-state index contributed by atoms with van der Waals surface area (Å²) >= 11 is 0. The molecule has 0 saturated heterocycles. The Balaban J connectivity index is 1.73. The van der Waals surface area contributed by atoms with Crippen molar-refractivity contribution in [2.75, 3.05) is 6.61 Å². The number of para-hydroxylation sites is 1. The van der Waals surface area contributed by atoms with Crippen molar-refractivity contribution >= 4 is 0 Å². The smallest absolute Gasteiger partial charge is 0.282 e. The lowest BCUT2D eigenvalue weighted by molar-refractivity contribution is 0.357. The van der Waals surface area contributed by atoms with E-state index >= 15 is 0 Å². The van der Waals surface area contributed by atoms with Crippen LogP contribution in [-0.4, -0.2) is 25.5 Å². The molecule has 0 aliphatic carbocycles. The van der Waals surface area contributed by atoms with Crippen molar-refractivity contribution in [1.29, 1.82) is 0 Å². The van der Waals surface area contributed by atoms with E-state index in [0.717, 1.165) is 34.8 Å². The van der Waals surface area contributed by atoms with E-state index in [2.05, 4.69) is 4.98 Å². The normalized spacial score (nSPS) is 12.8. The Hall–Kier alpha value is -3.54. The largest absolute Gasteiger partial charge is 0.493 e. The molecule has 3 heterocycles. The molecule has 4 aromatic rings. The van der Waals surface area contributed by atoms with E-state index in [-0.39, 0.29) is 5.56 Å². The van der Waals surface area contributed by atoms with Gasteiger partial charge in [-0.25, -0.2) is 9.67 Å². The first-order valence-electron chi connectivity index (χ1n) is 9.29. The van der Waals surface area contributed by atoms with Gasteiger partial charge in [0.05, 0.1) is 18.0 Å². The Kier molecular flexibility index (Phi) is 3.72. The SMILES string of the molecule is Cc1c(-c2nccn2-c2cccc3c2CCO3)c(=O)n(-c2ccccc2)n1C. The van der Waals surface area contributed by atoms with Gasteiger partial charge in [-0.1, -0.05) is 24.3 Å². The zero-order valence-electron chi connectivity index (χ0n) is 15.8. The number of imidazole rings is 1. The molecule has 0 saturated carbocycles. The first-order valence-corrected chi connectivity index (χ1v) is 9.29. The van der Waals surface area contributed by atoms with Crippen LogP contribution in [0.4, 0.5) is 0 Å². The third-order valence-electron chi connectivity index (χ3n) is 5.40. The molecule has 0 fully saturated rings. The third kappa shape index (κ3) is 2.34. The molecule has 0 bridgehead atoms. The van der Waals surface area contributed by atoms with Crippen LogP contribution in [-0.2, 0) is 13.5 Å². The molecule has 0 N–H and O–H groups in total. The summed E-state index contributed by atoms with van der Waals surface area (Å²) in [5, 5.41) is 0. The van der Waals surface area contributed by atoms with Crippen molar-refractivity contribution in [1.82, 2.24) is 18.9 Å². The predicted molar refractivity (Wildman–Crippen MR) is 108 cm³/mol. The highest BCUT2D eigenvalue weighted by molar-refractivity contribution is 5.64. The van der Waals surface area contributed by atoms with Crippen molar-refractivity contribution in [3.05, 3.63) is 82.5 Å². The molecule has 28 heavy (non-hydrogen) atoms. The zero-order valence-corrected chi connectivity index (χ0v) is 15.8. The summed E-state index contributed by atoms with van der Waals surface area (Å²) in [5.74, 6) is 1.55. The average Bonchev–Trinajstić information content (AvgIpc) is 3.42. The molecule has 5 rings (SSSR count). The third-order valence-corrected chi connectivity index (χ3v) is 5.40. The van der Waals surface area contributed by atoms with Gasteiger partial charge in [-0.05, 0) is 31.2 Å². The van der Waals surface area contributed by atoms with Crippen LogP contribution in [0.25, 0.3) is 22.8 Å². The maximum atomic E-state index is 13.4. The van der Waals surface area contributed by atoms with Gasteiger partial charge in [0.2, 0.25) is 0 Å². The van der Waals surface area contributed by atoms with Crippen LogP contribution in [0.15, 0.2) is 65.7 Å². The first-order chi connectivity index (χ1) is 13.7. The van der Waals surface area contributed by atoms with Crippen LogP contribution in [0, 0.1) is 6.92 Å². The van der Waals surface area contributed by atoms with Gasteiger partial charge in [0.1, 0.15) is 11.3 Å². The second-order valence-electron chi connectivity index (χ2n) is 6.91. The fourth-order valence-corrected chi connectivity index (χ4v) is 3.94. The molecule has 0 spiro atoms. The lowest BCUT2D eigenvalue weighted by atomic mass is 10.1. The molecule has 0 unspecified atom stereocenters. The van der Waals surface area contributed by atoms with Gasteiger partial charge in [0.25, 0.3) is 5.56 Å². The number of aromatic nitrogens is 4. The van der Waals surface area contributed by atoms with E-state index in [1.54, 1.807) is 10.9 Å². The molecule has 0 atom stereocenters. The monoisotopic (exact) mass is 372 g/mol. The van der Waals surface area contributed by atoms with Gasteiger partial charge in [0, 0.05) is 37.1 Å². The fourth-order valence-electron chi connectivity index (χ4n) is 3.94. The maximum Gasteiger partial charge on any atom is 0.282 e. The summed E-state index contributed by atoms with van der Waals surface area (Å²) in [6.07, 6.45) is 4.50. The van der Waals surface area contributed by atoms with E-state index in [4.69, 9.17) is 4.74 Å². The van der Waals surface area contributed by atoms with Crippen molar-refractivity contribution in [3.63, 3.8) is 0 Å². The maximum absolute atomic E-state index is 13.4. The lowest BCUT2D eigenvalue weighted by Gasteiger charge is -2.11. The minimum absolute atomic E-state index is 0.0810. The van der Waals surface area contributed by atoms with E-state index in [0.29, 0.717) is 18.0 Å². The molecule has 1 aliphatic heterocycles. The molecule has 140 valence electrons. The second-order valence-corrected chi connectivity index (χ2v) is 6.91. The number of hydrogen-bond acceptors (Lipinski definition) is 3. The molecule has 1 aliphatic rings. The van der Waals surface area contributed by atoms with Crippen LogP contribution >= 0.6 is 0 Å². The highest BCUT2D eigenvalue weighted by Gasteiger charge is 2.24. The molecular weight excluding hydrogens is 352 g/mol. The van der Waals surface area contributed by atoms with Crippen LogP contribution < -0.4 is 10.3 Å². The van der Waals surface area contributed by atoms with Crippen LogP contribution in [0.2, 0.25) is 0 Å². The van der Waals surface area contributed by atoms with Gasteiger partial charge in [-0.3, -0.25) is 14.0 Å². The highest BCUT2D eigenvalue weighted by atomic mass is 16.5. The Morgan fingerprint density at radius 3 is 2.71 bits per heavy atom.